The number of ether oxygens (including phenoxy) is 1. The maximum absolute atomic E-state index is 13.0. The van der Waals surface area contributed by atoms with Gasteiger partial charge in [-0.15, -0.1) is 0 Å². The fraction of sp³-hybridized carbons (Fsp3) is 0.500. The summed E-state index contributed by atoms with van der Waals surface area (Å²) in [5, 5.41) is 5.25. The Hall–Kier alpha value is -3.01. The molecule has 1 rings (SSSR count). The van der Waals surface area contributed by atoms with Crippen LogP contribution in [-0.4, -0.2) is 40.5 Å². The predicted octanol–water partition coefficient (Wildman–Crippen LogP) is 2.89. The number of hydrogen-bond donors (Lipinski definition) is 2. The van der Waals surface area contributed by atoms with Gasteiger partial charge in [-0.3, -0.25) is 14.5 Å². The van der Waals surface area contributed by atoms with Crippen LogP contribution in [0.1, 0.15) is 58.7 Å². The van der Waals surface area contributed by atoms with Crippen molar-refractivity contribution >= 4 is 17.9 Å². The minimum atomic E-state index is -1.03. The standard InChI is InChI=1S/C22H31N3O4/c1-9-25(17(26)14-23-20(28)29-22(6,7)8)18(19(27)24-21(3,4)5)16-13-11-10-12-15(16)2/h1,10-13,18H,14H2,2-8H3,(H,23,28)(H,24,27). The lowest BCUT2D eigenvalue weighted by Crippen LogP contribution is -2.50. The van der Waals surface area contributed by atoms with Crippen molar-refractivity contribution in [2.45, 2.75) is 65.6 Å². The van der Waals surface area contributed by atoms with Crippen molar-refractivity contribution in [3.63, 3.8) is 0 Å². The molecule has 0 fully saturated rings. The third-order valence-electron chi connectivity index (χ3n) is 3.68. The Morgan fingerprint density at radius 3 is 2.21 bits per heavy atom. The molecule has 0 spiro atoms. The van der Waals surface area contributed by atoms with E-state index in [1.807, 2.05) is 39.8 Å². The summed E-state index contributed by atoms with van der Waals surface area (Å²) in [5.41, 5.74) is 0.207. The van der Waals surface area contributed by atoms with Gasteiger partial charge in [0.25, 0.3) is 5.91 Å². The third-order valence-corrected chi connectivity index (χ3v) is 3.68. The second-order valence-electron chi connectivity index (χ2n) is 8.75. The Morgan fingerprint density at radius 2 is 1.72 bits per heavy atom. The van der Waals surface area contributed by atoms with E-state index in [4.69, 9.17) is 11.2 Å². The van der Waals surface area contributed by atoms with Crippen molar-refractivity contribution in [1.82, 2.24) is 15.5 Å². The SMILES string of the molecule is C#CN(C(=O)CNC(=O)OC(C)(C)C)C(C(=O)NC(C)(C)C)c1ccccc1C. The summed E-state index contributed by atoms with van der Waals surface area (Å²) in [4.78, 5) is 38.7. The monoisotopic (exact) mass is 401 g/mol. The van der Waals surface area contributed by atoms with E-state index >= 15 is 0 Å². The van der Waals surface area contributed by atoms with E-state index in [1.165, 1.54) is 0 Å². The molecule has 0 aliphatic heterocycles. The molecule has 0 aliphatic carbocycles. The Bertz CT molecular complexity index is 798. The van der Waals surface area contributed by atoms with Gasteiger partial charge in [0.15, 0.2) is 0 Å². The predicted molar refractivity (Wildman–Crippen MR) is 112 cm³/mol. The molecule has 1 unspecified atom stereocenters. The van der Waals surface area contributed by atoms with Crippen molar-refractivity contribution in [2.24, 2.45) is 0 Å². The lowest BCUT2D eigenvalue weighted by Gasteiger charge is -2.31. The molecule has 158 valence electrons. The molecular weight excluding hydrogens is 370 g/mol. The van der Waals surface area contributed by atoms with Gasteiger partial charge in [0, 0.05) is 11.6 Å². The molecule has 7 heteroatoms. The van der Waals surface area contributed by atoms with Crippen LogP contribution in [0.2, 0.25) is 0 Å². The Kier molecular flexibility index (Phi) is 7.84. The molecule has 0 heterocycles. The van der Waals surface area contributed by atoms with Crippen LogP contribution >= 0.6 is 0 Å². The van der Waals surface area contributed by atoms with E-state index in [2.05, 4.69) is 16.7 Å². The van der Waals surface area contributed by atoms with Crippen molar-refractivity contribution in [1.29, 1.82) is 0 Å². The number of rotatable bonds is 5. The van der Waals surface area contributed by atoms with Crippen LogP contribution in [0.25, 0.3) is 0 Å². The number of nitrogens with one attached hydrogen (secondary N) is 2. The van der Waals surface area contributed by atoms with E-state index in [-0.39, 0.29) is 0 Å². The van der Waals surface area contributed by atoms with Gasteiger partial charge in [0.1, 0.15) is 18.2 Å². The van der Waals surface area contributed by atoms with Crippen LogP contribution in [0, 0.1) is 19.4 Å². The lowest BCUT2D eigenvalue weighted by atomic mass is 9.98. The van der Waals surface area contributed by atoms with Crippen LogP contribution in [0.15, 0.2) is 24.3 Å². The minimum absolute atomic E-state index is 0.399. The van der Waals surface area contributed by atoms with Crippen LogP contribution < -0.4 is 10.6 Å². The highest BCUT2D eigenvalue weighted by molar-refractivity contribution is 5.92. The van der Waals surface area contributed by atoms with Crippen LogP contribution in [0.5, 0.6) is 0 Å². The number of carbonyl (C=O) groups excluding carboxylic acids is 3. The van der Waals surface area contributed by atoms with Crippen molar-refractivity contribution in [3.05, 3.63) is 35.4 Å². The zero-order valence-electron chi connectivity index (χ0n) is 18.3. The molecule has 29 heavy (non-hydrogen) atoms. The van der Waals surface area contributed by atoms with Gasteiger partial charge in [-0.25, -0.2) is 4.79 Å². The summed E-state index contributed by atoms with van der Waals surface area (Å²) < 4.78 is 5.13. The first-order valence-corrected chi connectivity index (χ1v) is 9.38. The van der Waals surface area contributed by atoms with Gasteiger partial charge < -0.3 is 15.4 Å². The Labute approximate surface area is 173 Å². The molecule has 1 aromatic carbocycles. The second-order valence-corrected chi connectivity index (χ2v) is 8.75. The van der Waals surface area contributed by atoms with E-state index < -0.39 is 41.6 Å². The summed E-state index contributed by atoms with van der Waals surface area (Å²) in [6, 6.07) is 8.47. The zero-order valence-corrected chi connectivity index (χ0v) is 18.3. The molecule has 1 atom stereocenters. The van der Waals surface area contributed by atoms with Gasteiger partial charge in [0.05, 0.1) is 0 Å². The number of aryl methyl sites for hydroxylation is 1. The minimum Gasteiger partial charge on any atom is -0.444 e. The molecule has 0 radical (unpaired) electrons. The fourth-order valence-corrected chi connectivity index (χ4v) is 2.57. The number of terminal acetylenes is 1. The fourth-order valence-electron chi connectivity index (χ4n) is 2.57. The van der Waals surface area contributed by atoms with Gasteiger partial charge in [-0.2, -0.15) is 0 Å². The average Bonchev–Trinajstić information content (AvgIpc) is 2.55. The lowest BCUT2D eigenvalue weighted by molar-refractivity contribution is -0.137. The van der Waals surface area contributed by atoms with E-state index in [1.54, 1.807) is 32.9 Å². The number of carbonyl (C=O) groups is 3. The molecule has 1 aromatic rings. The average molecular weight is 402 g/mol. The largest absolute Gasteiger partial charge is 0.444 e. The number of hydrogen-bond acceptors (Lipinski definition) is 4. The molecule has 0 bridgehead atoms. The molecule has 0 saturated carbocycles. The molecular formula is C22H31N3O4. The summed E-state index contributed by atoms with van der Waals surface area (Å²) in [5.74, 6) is -1.01. The topological polar surface area (TPSA) is 87.7 Å². The normalized spacial score (nSPS) is 12.3. The highest BCUT2D eigenvalue weighted by Gasteiger charge is 2.33. The number of benzene rings is 1. The maximum atomic E-state index is 13.0. The van der Waals surface area contributed by atoms with E-state index in [9.17, 15) is 14.4 Å². The molecule has 2 N–H and O–H groups in total. The summed E-state index contributed by atoms with van der Waals surface area (Å²) in [6.45, 7) is 12.1. The molecule has 0 saturated heterocycles. The number of alkyl carbamates (subject to hydrolysis) is 1. The first-order valence-electron chi connectivity index (χ1n) is 9.38. The van der Waals surface area contributed by atoms with Gasteiger partial charge >= 0.3 is 6.09 Å². The quantitative estimate of drug-likeness (QED) is 0.587. The highest BCUT2D eigenvalue weighted by atomic mass is 16.6. The van der Waals surface area contributed by atoms with E-state index in [0.29, 0.717) is 5.56 Å². The highest BCUT2D eigenvalue weighted by Crippen LogP contribution is 2.25. The molecule has 3 amide bonds. The van der Waals surface area contributed by atoms with Gasteiger partial charge in [-0.05, 0) is 59.6 Å². The third kappa shape index (κ3) is 7.86. The maximum Gasteiger partial charge on any atom is 0.408 e. The zero-order chi connectivity index (χ0) is 22.4. The van der Waals surface area contributed by atoms with Crippen LogP contribution in [0.4, 0.5) is 4.79 Å². The molecule has 0 aromatic heterocycles. The first-order chi connectivity index (χ1) is 13.2. The van der Waals surface area contributed by atoms with Crippen molar-refractivity contribution in [3.8, 4) is 12.5 Å². The first kappa shape index (κ1) is 24.0. The smallest absolute Gasteiger partial charge is 0.408 e. The molecule has 0 aliphatic rings. The van der Waals surface area contributed by atoms with Crippen LogP contribution in [-0.2, 0) is 14.3 Å². The summed E-state index contributed by atoms with van der Waals surface area (Å²) in [6.07, 6.45) is 4.86. The summed E-state index contributed by atoms with van der Waals surface area (Å²) in [7, 11) is 0. The number of amides is 3. The van der Waals surface area contributed by atoms with Crippen molar-refractivity contribution in [2.75, 3.05) is 6.54 Å². The van der Waals surface area contributed by atoms with Gasteiger partial charge in [0.2, 0.25) is 5.91 Å². The Morgan fingerprint density at radius 1 is 1.14 bits per heavy atom. The number of nitrogens with zero attached hydrogens (tertiary/aromatic N) is 1. The molecule has 7 nitrogen and oxygen atoms in total. The van der Waals surface area contributed by atoms with E-state index in [0.717, 1.165) is 10.5 Å². The van der Waals surface area contributed by atoms with Crippen LogP contribution in [0.3, 0.4) is 0 Å². The Balaban J connectivity index is 3.13. The van der Waals surface area contributed by atoms with Gasteiger partial charge in [-0.1, -0.05) is 30.7 Å². The summed E-state index contributed by atoms with van der Waals surface area (Å²) >= 11 is 0. The second kappa shape index (κ2) is 9.46. The van der Waals surface area contributed by atoms with Crippen molar-refractivity contribution < 1.29 is 19.1 Å².